The van der Waals surface area contributed by atoms with Gasteiger partial charge in [-0.25, -0.2) is 0 Å². The number of hydrogen-bond acceptors (Lipinski definition) is 2. The molecule has 2 N–H and O–H groups in total. The van der Waals surface area contributed by atoms with Crippen LogP contribution in [-0.4, -0.2) is 11.3 Å². The summed E-state index contributed by atoms with van der Waals surface area (Å²) < 4.78 is 0. The quantitative estimate of drug-likeness (QED) is 0.790. The molecule has 1 fully saturated rings. The highest BCUT2D eigenvalue weighted by molar-refractivity contribution is 8.00. The lowest BCUT2D eigenvalue weighted by Gasteiger charge is -2.20. The minimum Gasteiger partial charge on any atom is -0.327 e. The van der Waals surface area contributed by atoms with Gasteiger partial charge in [0.25, 0.3) is 0 Å². The van der Waals surface area contributed by atoms with Crippen LogP contribution in [0.1, 0.15) is 37.7 Å². The Kier molecular flexibility index (Phi) is 4.30. The maximum absolute atomic E-state index is 6.24. The summed E-state index contributed by atoms with van der Waals surface area (Å²) in [6.07, 6.45) is 6.49. The molecule has 0 amide bonds. The Labute approximate surface area is 103 Å². The monoisotopic (exact) mass is 235 g/mol. The zero-order valence-electron chi connectivity index (χ0n) is 9.99. The fraction of sp³-hybridized carbons (Fsp3) is 0.571. The van der Waals surface area contributed by atoms with Crippen molar-refractivity contribution in [1.29, 1.82) is 0 Å². The van der Waals surface area contributed by atoms with Crippen LogP contribution in [0.2, 0.25) is 0 Å². The molecule has 0 radical (unpaired) electrons. The average molecular weight is 235 g/mol. The largest absolute Gasteiger partial charge is 0.327 e. The predicted molar refractivity (Wildman–Crippen MR) is 71.9 cm³/mol. The molecular weight excluding hydrogens is 214 g/mol. The van der Waals surface area contributed by atoms with E-state index in [9.17, 15) is 0 Å². The second-order valence-electron chi connectivity index (χ2n) is 4.77. The van der Waals surface area contributed by atoms with Gasteiger partial charge in [0.05, 0.1) is 0 Å². The summed E-state index contributed by atoms with van der Waals surface area (Å²) in [4.78, 5) is 1.38. The number of rotatable bonds is 2. The molecule has 1 aliphatic carbocycles. The first-order chi connectivity index (χ1) is 7.75. The van der Waals surface area contributed by atoms with E-state index >= 15 is 0 Å². The van der Waals surface area contributed by atoms with Crippen molar-refractivity contribution in [3.63, 3.8) is 0 Å². The molecule has 1 aromatic rings. The smallest absolute Gasteiger partial charge is 0.0246 e. The molecular formula is C14H21NS. The molecule has 2 heteroatoms. The van der Waals surface area contributed by atoms with E-state index in [2.05, 4.69) is 31.2 Å². The fourth-order valence-electron chi connectivity index (χ4n) is 2.31. The number of benzene rings is 1. The first-order valence-electron chi connectivity index (χ1n) is 6.24. The lowest BCUT2D eigenvalue weighted by molar-refractivity contribution is 0.596. The maximum atomic E-state index is 6.24. The molecule has 2 unspecified atom stereocenters. The van der Waals surface area contributed by atoms with Gasteiger partial charge < -0.3 is 5.73 Å². The van der Waals surface area contributed by atoms with E-state index in [0.717, 1.165) is 0 Å². The van der Waals surface area contributed by atoms with E-state index in [1.807, 2.05) is 11.8 Å². The van der Waals surface area contributed by atoms with Crippen LogP contribution in [0, 0.1) is 6.92 Å². The zero-order chi connectivity index (χ0) is 11.4. The Balaban J connectivity index is 2.02. The Bertz CT molecular complexity index is 337. The van der Waals surface area contributed by atoms with Gasteiger partial charge in [0, 0.05) is 16.2 Å². The third kappa shape index (κ3) is 3.26. The van der Waals surface area contributed by atoms with Crippen LogP contribution in [0.3, 0.4) is 0 Å². The van der Waals surface area contributed by atoms with Gasteiger partial charge in [0.1, 0.15) is 0 Å². The van der Waals surface area contributed by atoms with Crippen molar-refractivity contribution >= 4 is 11.8 Å². The summed E-state index contributed by atoms with van der Waals surface area (Å²) in [6.45, 7) is 2.15. The average Bonchev–Trinajstić information content (AvgIpc) is 2.45. The SMILES string of the molecule is Cc1cccc(SC2CCCCCC2N)c1. The molecule has 0 saturated heterocycles. The van der Waals surface area contributed by atoms with E-state index in [1.54, 1.807) is 0 Å². The van der Waals surface area contributed by atoms with Crippen LogP contribution in [0.15, 0.2) is 29.2 Å². The van der Waals surface area contributed by atoms with Crippen LogP contribution in [-0.2, 0) is 0 Å². The van der Waals surface area contributed by atoms with Gasteiger partial charge in [-0.2, -0.15) is 0 Å². The fourth-order valence-corrected chi connectivity index (χ4v) is 3.67. The van der Waals surface area contributed by atoms with Crippen LogP contribution in [0.4, 0.5) is 0 Å². The number of hydrogen-bond donors (Lipinski definition) is 1. The van der Waals surface area contributed by atoms with Crippen molar-refractivity contribution in [2.24, 2.45) is 5.73 Å². The van der Waals surface area contributed by atoms with Gasteiger partial charge in [-0.1, -0.05) is 37.0 Å². The molecule has 16 heavy (non-hydrogen) atoms. The molecule has 1 aliphatic rings. The molecule has 0 bridgehead atoms. The van der Waals surface area contributed by atoms with Crippen LogP contribution in [0.5, 0.6) is 0 Å². The van der Waals surface area contributed by atoms with Crippen LogP contribution >= 0.6 is 11.8 Å². The minimum absolute atomic E-state index is 0.382. The van der Waals surface area contributed by atoms with Gasteiger partial charge in [-0.15, -0.1) is 11.8 Å². The molecule has 0 aromatic heterocycles. The van der Waals surface area contributed by atoms with E-state index in [-0.39, 0.29) is 0 Å². The van der Waals surface area contributed by atoms with E-state index in [4.69, 9.17) is 5.73 Å². The second-order valence-corrected chi connectivity index (χ2v) is 6.09. The summed E-state index contributed by atoms with van der Waals surface area (Å²) in [5.74, 6) is 0. The van der Waals surface area contributed by atoms with Gasteiger partial charge in [-0.3, -0.25) is 0 Å². The third-order valence-electron chi connectivity index (χ3n) is 3.28. The third-order valence-corrected chi connectivity index (χ3v) is 4.69. The summed E-state index contributed by atoms with van der Waals surface area (Å²) in [7, 11) is 0. The summed E-state index contributed by atoms with van der Waals surface area (Å²) in [6, 6.07) is 9.14. The standard InChI is InChI=1S/C14H21NS/c1-11-6-5-7-12(10-11)16-14-9-4-2-3-8-13(14)15/h5-7,10,13-14H,2-4,8-9,15H2,1H3. The molecule has 0 spiro atoms. The van der Waals surface area contributed by atoms with Crippen LogP contribution < -0.4 is 5.73 Å². The first kappa shape index (κ1) is 12.0. The maximum Gasteiger partial charge on any atom is 0.0246 e. The Hall–Kier alpha value is -0.470. The molecule has 1 aromatic carbocycles. The molecule has 1 saturated carbocycles. The Morgan fingerprint density at radius 2 is 2.00 bits per heavy atom. The van der Waals surface area contributed by atoms with E-state index < -0.39 is 0 Å². The van der Waals surface area contributed by atoms with Gasteiger partial charge in [-0.05, 0) is 31.9 Å². The topological polar surface area (TPSA) is 26.0 Å². The molecule has 0 heterocycles. The van der Waals surface area contributed by atoms with Crippen molar-refractivity contribution in [2.75, 3.05) is 0 Å². The predicted octanol–water partition coefficient (Wildman–Crippen LogP) is 3.75. The highest BCUT2D eigenvalue weighted by Crippen LogP contribution is 2.32. The van der Waals surface area contributed by atoms with E-state index in [0.29, 0.717) is 11.3 Å². The normalized spacial score (nSPS) is 26.4. The summed E-state index contributed by atoms with van der Waals surface area (Å²) in [5, 5.41) is 0.615. The molecule has 2 rings (SSSR count). The Morgan fingerprint density at radius 1 is 1.19 bits per heavy atom. The van der Waals surface area contributed by atoms with Crippen LogP contribution in [0.25, 0.3) is 0 Å². The molecule has 2 atom stereocenters. The lowest BCUT2D eigenvalue weighted by Crippen LogP contribution is -2.31. The molecule has 1 nitrogen and oxygen atoms in total. The molecule has 88 valence electrons. The minimum atomic E-state index is 0.382. The lowest BCUT2D eigenvalue weighted by atomic mass is 10.1. The van der Waals surface area contributed by atoms with Gasteiger partial charge in [0.2, 0.25) is 0 Å². The molecule has 0 aliphatic heterocycles. The number of aryl methyl sites for hydroxylation is 1. The van der Waals surface area contributed by atoms with Gasteiger partial charge >= 0.3 is 0 Å². The Morgan fingerprint density at radius 3 is 2.81 bits per heavy atom. The number of nitrogens with two attached hydrogens (primary N) is 1. The van der Waals surface area contributed by atoms with Gasteiger partial charge in [0.15, 0.2) is 0 Å². The van der Waals surface area contributed by atoms with Crippen molar-refractivity contribution in [1.82, 2.24) is 0 Å². The van der Waals surface area contributed by atoms with Crippen molar-refractivity contribution in [2.45, 2.75) is 55.2 Å². The van der Waals surface area contributed by atoms with E-state index in [1.165, 1.54) is 42.6 Å². The summed E-state index contributed by atoms with van der Waals surface area (Å²) in [5.41, 5.74) is 7.58. The second kappa shape index (κ2) is 5.74. The number of thioether (sulfide) groups is 1. The first-order valence-corrected chi connectivity index (χ1v) is 7.12. The highest BCUT2D eigenvalue weighted by Gasteiger charge is 2.21. The summed E-state index contributed by atoms with van der Waals surface area (Å²) >= 11 is 1.98. The zero-order valence-corrected chi connectivity index (χ0v) is 10.8. The van der Waals surface area contributed by atoms with Crippen molar-refractivity contribution < 1.29 is 0 Å². The van der Waals surface area contributed by atoms with Crippen molar-refractivity contribution in [3.05, 3.63) is 29.8 Å². The highest BCUT2D eigenvalue weighted by atomic mass is 32.2. The van der Waals surface area contributed by atoms with Crippen molar-refractivity contribution in [3.8, 4) is 0 Å².